The van der Waals surface area contributed by atoms with Gasteiger partial charge in [0.25, 0.3) is 0 Å². The molecule has 0 saturated carbocycles. The molecular formula is C17H19ClO2. The number of alkyl halides is 1. The summed E-state index contributed by atoms with van der Waals surface area (Å²) in [4.78, 5) is 0. The lowest BCUT2D eigenvalue weighted by Crippen LogP contribution is -2.00. The van der Waals surface area contributed by atoms with E-state index in [1.807, 2.05) is 18.2 Å². The average Bonchev–Trinajstić information content (AvgIpc) is 2.46. The largest absolute Gasteiger partial charge is 0.497 e. The van der Waals surface area contributed by atoms with Crippen LogP contribution in [0.5, 0.6) is 11.5 Å². The average molecular weight is 291 g/mol. The fourth-order valence-electron chi connectivity index (χ4n) is 2.23. The van der Waals surface area contributed by atoms with Gasteiger partial charge in [0.1, 0.15) is 11.5 Å². The van der Waals surface area contributed by atoms with E-state index in [4.69, 9.17) is 21.1 Å². The molecule has 0 aliphatic carbocycles. The van der Waals surface area contributed by atoms with Gasteiger partial charge in [0, 0.05) is 11.6 Å². The molecule has 0 radical (unpaired) electrons. The second-order valence-corrected chi connectivity index (χ2v) is 5.30. The summed E-state index contributed by atoms with van der Waals surface area (Å²) in [7, 11) is 3.29. The Balaban J connectivity index is 2.22. The first-order chi connectivity index (χ1) is 9.63. The van der Waals surface area contributed by atoms with E-state index in [-0.39, 0.29) is 5.38 Å². The molecule has 0 aromatic heterocycles. The molecule has 106 valence electrons. The minimum absolute atomic E-state index is 0.127. The zero-order valence-corrected chi connectivity index (χ0v) is 12.8. The monoisotopic (exact) mass is 290 g/mol. The summed E-state index contributed by atoms with van der Waals surface area (Å²) >= 11 is 6.55. The lowest BCUT2D eigenvalue weighted by molar-refractivity contribution is 0.390. The van der Waals surface area contributed by atoms with Gasteiger partial charge in [0.15, 0.2) is 0 Å². The normalized spacial score (nSPS) is 12.0. The lowest BCUT2D eigenvalue weighted by Gasteiger charge is -2.15. The van der Waals surface area contributed by atoms with Gasteiger partial charge >= 0.3 is 0 Å². The molecule has 20 heavy (non-hydrogen) atoms. The summed E-state index contributed by atoms with van der Waals surface area (Å²) in [5, 5.41) is -0.127. The van der Waals surface area contributed by atoms with Gasteiger partial charge in [-0.2, -0.15) is 0 Å². The summed E-state index contributed by atoms with van der Waals surface area (Å²) in [6.07, 6.45) is 0.770. The van der Waals surface area contributed by atoms with E-state index in [1.54, 1.807) is 14.2 Å². The summed E-state index contributed by atoms with van der Waals surface area (Å²) in [6.45, 7) is 2.08. The molecule has 0 aliphatic rings. The molecule has 0 spiro atoms. The topological polar surface area (TPSA) is 18.5 Å². The van der Waals surface area contributed by atoms with Crippen LogP contribution in [0.25, 0.3) is 0 Å². The summed E-state index contributed by atoms with van der Waals surface area (Å²) in [5.41, 5.74) is 3.45. The quantitative estimate of drug-likeness (QED) is 0.753. The van der Waals surface area contributed by atoms with Crippen LogP contribution >= 0.6 is 11.6 Å². The highest BCUT2D eigenvalue weighted by Gasteiger charge is 2.15. The summed E-state index contributed by atoms with van der Waals surface area (Å²) in [6, 6.07) is 14.1. The van der Waals surface area contributed by atoms with Crippen LogP contribution < -0.4 is 9.47 Å². The van der Waals surface area contributed by atoms with Crippen molar-refractivity contribution in [2.24, 2.45) is 0 Å². The molecule has 0 aliphatic heterocycles. The van der Waals surface area contributed by atoms with Gasteiger partial charge in [-0.1, -0.05) is 35.9 Å². The minimum Gasteiger partial charge on any atom is -0.497 e. The molecule has 3 heteroatoms. The zero-order valence-electron chi connectivity index (χ0n) is 12.0. The second-order valence-electron chi connectivity index (χ2n) is 4.77. The molecular weight excluding hydrogens is 272 g/mol. The molecule has 1 atom stereocenters. The van der Waals surface area contributed by atoms with Crippen LogP contribution in [0.4, 0.5) is 0 Å². The van der Waals surface area contributed by atoms with Crippen molar-refractivity contribution < 1.29 is 9.47 Å². The van der Waals surface area contributed by atoms with Crippen molar-refractivity contribution in [3.63, 3.8) is 0 Å². The van der Waals surface area contributed by atoms with Crippen molar-refractivity contribution in [1.29, 1.82) is 0 Å². The Hall–Kier alpha value is -1.67. The van der Waals surface area contributed by atoms with Gasteiger partial charge in [0.05, 0.1) is 19.6 Å². The first kappa shape index (κ1) is 14.7. The van der Waals surface area contributed by atoms with Crippen molar-refractivity contribution >= 4 is 11.6 Å². The molecule has 0 N–H and O–H groups in total. The predicted molar refractivity (Wildman–Crippen MR) is 83.0 cm³/mol. The molecule has 0 heterocycles. The number of methoxy groups -OCH3 is 2. The van der Waals surface area contributed by atoms with E-state index in [0.717, 1.165) is 23.5 Å². The maximum Gasteiger partial charge on any atom is 0.127 e. The van der Waals surface area contributed by atoms with Crippen LogP contribution in [0.2, 0.25) is 0 Å². The van der Waals surface area contributed by atoms with Crippen molar-refractivity contribution in [1.82, 2.24) is 0 Å². The van der Waals surface area contributed by atoms with Gasteiger partial charge in [0.2, 0.25) is 0 Å². The molecule has 1 unspecified atom stereocenters. The third-order valence-corrected chi connectivity index (χ3v) is 3.66. The van der Waals surface area contributed by atoms with Gasteiger partial charge in [-0.3, -0.25) is 0 Å². The van der Waals surface area contributed by atoms with Gasteiger partial charge in [-0.25, -0.2) is 0 Å². The SMILES string of the molecule is COc1ccc(C(Cl)Cc2cccc(C)c2)c(OC)c1. The predicted octanol–water partition coefficient (Wildman–Crippen LogP) is 4.53. The summed E-state index contributed by atoms with van der Waals surface area (Å²) in [5.74, 6) is 1.53. The highest BCUT2D eigenvalue weighted by Crippen LogP contribution is 2.34. The number of halogens is 1. The van der Waals surface area contributed by atoms with Gasteiger partial charge in [-0.15, -0.1) is 11.6 Å². The van der Waals surface area contributed by atoms with E-state index in [1.165, 1.54) is 11.1 Å². The molecule has 0 amide bonds. The van der Waals surface area contributed by atoms with Crippen LogP contribution in [0, 0.1) is 6.92 Å². The van der Waals surface area contributed by atoms with Crippen molar-refractivity contribution in [2.45, 2.75) is 18.7 Å². The van der Waals surface area contributed by atoms with Crippen LogP contribution in [0.15, 0.2) is 42.5 Å². The summed E-state index contributed by atoms with van der Waals surface area (Å²) < 4.78 is 10.6. The van der Waals surface area contributed by atoms with E-state index >= 15 is 0 Å². The van der Waals surface area contributed by atoms with Gasteiger partial charge < -0.3 is 9.47 Å². The minimum atomic E-state index is -0.127. The Kier molecular flexibility index (Phi) is 4.91. The maximum absolute atomic E-state index is 6.55. The number of ether oxygens (including phenoxy) is 2. The van der Waals surface area contributed by atoms with Crippen LogP contribution in [0.3, 0.4) is 0 Å². The third-order valence-electron chi connectivity index (χ3n) is 3.28. The lowest BCUT2D eigenvalue weighted by atomic mass is 10.0. The Morgan fingerprint density at radius 2 is 1.85 bits per heavy atom. The fourth-order valence-corrected chi connectivity index (χ4v) is 2.59. The highest BCUT2D eigenvalue weighted by atomic mass is 35.5. The first-order valence-corrected chi connectivity index (χ1v) is 6.99. The van der Waals surface area contributed by atoms with E-state index in [9.17, 15) is 0 Å². The van der Waals surface area contributed by atoms with Gasteiger partial charge in [-0.05, 0) is 25.0 Å². The van der Waals surface area contributed by atoms with Crippen molar-refractivity contribution in [3.8, 4) is 11.5 Å². The Labute approximate surface area is 125 Å². The van der Waals surface area contributed by atoms with Crippen molar-refractivity contribution in [3.05, 3.63) is 59.2 Å². The highest BCUT2D eigenvalue weighted by molar-refractivity contribution is 6.21. The number of benzene rings is 2. The molecule has 0 saturated heterocycles. The van der Waals surface area contributed by atoms with E-state index in [0.29, 0.717) is 0 Å². The van der Waals surface area contributed by atoms with Crippen LogP contribution in [0.1, 0.15) is 22.1 Å². The van der Waals surface area contributed by atoms with Crippen LogP contribution in [-0.4, -0.2) is 14.2 Å². The van der Waals surface area contributed by atoms with E-state index in [2.05, 4.69) is 31.2 Å². The number of hydrogen-bond acceptors (Lipinski definition) is 2. The number of rotatable bonds is 5. The Morgan fingerprint density at radius 3 is 2.50 bits per heavy atom. The number of aryl methyl sites for hydroxylation is 1. The molecule has 2 aromatic carbocycles. The molecule has 0 bridgehead atoms. The smallest absolute Gasteiger partial charge is 0.127 e. The second kappa shape index (κ2) is 6.67. The first-order valence-electron chi connectivity index (χ1n) is 6.55. The Bertz CT molecular complexity index is 581. The maximum atomic E-state index is 6.55. The molecule has 2 rings (SSSR count). The van der Waals surface area contributed by atoms with Crippen LogP contribution in [-0.2, 0) is 6.42 Å². The Morgan fingerprint density at radius 1 is 1.05 bits per heavy atom. The van der Waals surface area contributed by atoms with Crippen molar-refractivity contribution in [2.75, 3.05) is 14.2 Å². The molecule has 2 nitrogen and oxygen atoms in total. The van der Waals surface area contributed by atoms with E-state index < -0.39 is 0 Å². The molecule has 2 aromatic rings. The standard InChI is InChI=1S/C17H19ClO2/c1-12-5-4-6-13(9-12)10-16(18)15-8-7-14(19-2)11-17(15)20-3/h4-9,11,16H,10H2,1-3H3. The fraction of sp³-hybridized carbons (Fsp3) is 0.294. The molecule has 0 fully saturated rings. The number of hydrogen-bond donors (Lipinski definition) is 0. The third kappa shape index (κ3) is 3.45. The zero-order chi connectivity index (χ0) is 14.5.